The molecular formula is C14H18N2S. The number of nitrogens with two attached hydrogens (primary N) is 1. The van der Waals surface area contributed by atoms with Crippen LogP contribution in [0.15, 0.2) is 24.4 Å². The summed E-state index contributed by atoms with van der Waals surface area (Å²) < 4.78 is 0. The summed E-state index contributed by atoms with van der Waals surface area (Å²) in [5.41, 5.74) is 9.72. The molecule has 0 aromatic carbocycles. The maximum Gasteiger partial charge on any atom is 0.0957 e. The minimum Gasteiger partial charge on any atom is -0.390 e. The van der Waals surface area contributed by atoms with Gasteiger partial charge >= 0.3 is 0 Å². The van der Waals surface area contributed by atoms with E-state index < -0.39 is 0 Å². The van der Waals surface area contributed by atoms with Crippen LogP contribution in [-0.2, 0) is 12.8 Å². The zero-order valence-electron chi connectivity index (χ0n) is 10.4. The number of hydrogen-bond acceptors (Lipinski definition) is 3. The predicted molar refractivity (Wildman–Crippen MR) is 75.3 cm³/mol. The number of nitrogen functional groups attached to an aromatic ring is 1. The summed E-state index contributed by atoms with van der Waals surface area (Å²) in [6.07, 6.45) is 5.11. The molecule has 0 saturated heterocycles. The average molecular weight is 246 g/mol. The Labute approximate surface area is 107 Å². The average Bonchev–Trinajstić information content (AvgIpc) is 2.67. The van der Waals surface area contributed by atoms with E-state index in [1.54, 1.807) is 11.3 Å². The molecule has 17 heavy (non-hydrogen) atoms. The molecule has 0 aliphatic carbocycles. The topological polar surface area (TPSA) is 38.9 Å². The first kappa shape index (κ1) is 12.1. The van der Waals surface area contributed by atoms with Crippen LogP contribution < -0.4 is 5.73 Å². The van der Waals surface area contributed by atoms with Gasteiger partial charge in [0, 0.05) is 16.6 Å². The van der Waals surface area contributed by atoms with E-state index in [9.17, 15) is 0 Å². The van der Waals surface area contributed by atoms with Crippen LogP contribution in [0.2, 0.25) is 0 Å². The van der Waals surface area contributed by atoms with Gasteiger partial charge in [0.25, 0.3) is 0 Å². The van der Waals surface area contributed by atoms with Gasteiger partial charge in [0.05, 0.1) is 10.7 Å². The molecule has 2 aromatic heterocycles. The standard InChI is InChI=1S/C14H18N2S/c1-3-7-10-12(4-2)17-14(15)13(10)11-8-5-6-9-16-11/h5-6,8-9H,3-4,7,15H2,1-2H3. The van der Waals surface area contributed by atoms with Crippen LogP contribution in [0.1, 0.15) is 30.7 Å². The molecule has 0 aliphatic rings. The van der Waals surface area contributed by atoms with Gasteiger partial charge in [-0.2, -0.15) is 0 Å². The Morgan fingerprint density at radius 2 is 2.12 bits per heavy atom. The van der Waals surface area contributed by atoms with E-state index in [0.29, 0.717) is 0 Å². The highest BCUT2D eigenvalue weighted by Gasteiger charge is 2.16. The molecule has 2 nitrogen and oxygen atoms in total. The lowest BCUT2D eigenvalue weighted by Gasteiger charge is -2.05. The van der Waals surface area contributed by atoms with Crippen molar-refractivity contribution in [2.45, 2.75) is 33.1 Å². The first-order valence-electron chi connectivity index (χ1n) is 6.09. The fourth-order valence-electron chi connectivity index (χ4n) is 2.12. The van der Waals surface area contributed by atoms with Crippen molar-refractivity contribution in [1.82, 2.24) is 4.98 Å². The molecule has 2 N–H and O–H groups in total. The number of rotatable bonds is 4. The number of thiophene rings is 1. The second-order valence-corrected chi connectivity index (χ2v) is 5.20. The highest BCUT2D eigenvalue weighted by atomic mass is 32.1. The van der Waals surface area contributed by atoms with E-state index in [-0.39, 0.29) is 0 Å². The Balaban J connectivity index is 2.56. The van der Waals surface area contributed by atoms with Crippen molar-refractivity contribution in [3.8, 4) is 11.3 Å². The Morgan fingerprint density at radius 1 is 1.29 bits per heavy atom. The lowest BCUT2D eigenvalue weighted by molar-refractivity contribution is 0.911. The second-order valence-electron chi connectivity index (χ2n) is 4.06. The summed E-state index contributed by atoms with van der Waals surface area (Å²) >= 11 is 1.71. The van der Waals surface area contributed by atoms with E-state index in [1.807, 2.05) is 24.4 Å². The van der Waals surface area contributed by atoms with Gasteiger partial charge in [0.2, 0.25) is 0 Å². The molecule has 90 valence electrons. The summed E-state index contributed by atoms with van der Waals surface area (Å²) in [4.78, 5) is 5.83. The van der Waals surface area contributed by atoms with Crippen LogP contribution >= 0.6 is 11.3 Å². The molecule has 0 bridgehead atoms. The third kappa shape index (κ3) is 2.34. The molecule has 0 atom stereocenters. The minimum absolute atomic E-state index is 0.906. The fraction of sp³-hybridized carbons (Fsp3) is 0.357. The Kier molecular flexibility index (Phi) is 3.79. The molecule has 0 fully saturated rings. The normalized spacial score (nSPS) is 10.7. The van der Waals surface area contributed by atoms with Gasteiger partial charge in [0.15, 0.2) is 0 Å². The first-order chi connectivity index (χ1) is 8.27. The van der Waals surface area contributed by atoms with Crippen LogP contribution in [-0.4, -0.2) is 4.98 Å². The van der Waals surface area contributed by atoms with E-state index in [2.05, 4.69) is 18.8 Å². The van der Waals surface area contributed by atoms with Gasteiger partial charge in [-0.3, -0.25) is 4.98 Å². The number of anilines is 1. The largest absolute Gasteiger partial charge is 0.390 e. The van der Waals surface area contributed by atoms with Crippen molar-refractivity contribution in [2.75, 3.05) is 5.73 Å². The quantitative estimate of drug-likeness (QED) is 0.888. The lowest BCUT2D eigenvalue weighted by Crippen LogP contribution is -1.93. The summed E-state index contributed by atoms with van der Waals surface area (Å²) in [5, 5.41) is 0.906. The van der Waals surface area contributed by atoms with E-state index in [4.69, 9.17) is 5.73 Å². The van der Waals surface area contributed by atoms with Gasteiger partial charge in [0.1, 0.15) is 0 Å². The van der Waals surface area contributed by atoms with Crippen molar-refractivity contribution in [2.24, 2.45) is 0 Å². The van der Waals surface area contributed by atoms with Gasteiger partial charge in [-0.1, -0.05) is 26.3 Å². The van der Waals surface area contributed by atoms with Gasteiger partial charge in [-0.25, -0.2) is 0 Å². The second kappa shape index (κ2) is 5.32. The molecule has 3 heteroatoms. The van der Waals surface area contributed by atoms with Crippen molar-refractivity contribution < 1.29 is 0 Å². The number of nitrogens with zero attached hydrogens (tertiary/aromatic N) is 1. The Morgan fingerprint density at radius 3 is 2.71 bits per heavy atom. The maximum atomic E-state index is 6.16. The molecule has 0 amide bonds. The lowest BCUT2D eigenvalue weighted by atomic mass is 10.0. The first-order valence-corrected chi connectivity index (χ1v) is 6.91. The van der Waals surface area contributed by atoms with Crippen LogP contribution in [0.5, 0.6) is 0 Å². The molecule has 2 heterocycles. The molecule has 0 radical (unpaired) electrons. The predicted octanol–water partition coefficient (Wildman–Crippen LogP) is 3.91. The van der Waals surface area contributed by atoms with E-state index in [0.717, 1.165) is 35.5 Å². The molecule has 2 aromatic rings. The summed E-state index contributed by atoms with van der Waals surface area (Å²) in [6.45, 7) is 4.39. The van der Waals surface area contributed by atoms with Crippen LogP contribution in [0.25, 0.3) is 11.3 Å². The molecule has 0 spiro atoms. The summed E-state index contributed by atoms with van der Waals surface area (Å²) in [7, 11) is 0. The van der Waals surface area contributed by atoms with Gasteiger partial charge < -0.3 is 5.73 Å². The van der Waals surface area contributed by atoms with Crippen molar-refractivity contribution >= 4 is 16.3 Å². The number of aryl methyl sites for hydroxylation is 1. The minimum atomic E-state index is 0.906. The number of aromatic nitrogens is 1. The molecule has 0 unspecified atom stereocenters. The molecule has 2 rings (SSSR count). The van der Waals surface area contributed by atoms with Gasteiger partial charge in [-0.05, 0) is 30.5 Å². The summed E-state index contributed by atoms with van der Waals surface area (Å²) in [5.74, 6) is 0. The number of pyridine rings is 1. The smallest absolute Gasteiger partial charge is 0.0957 e. The van der Waals surface area contributed by atoms with Gasteiger partial charge in [-0.15, -0.1) is 11.3 Å². The highest BCUT2D eigenvalue weighted by molar-refractivity contribution is 7.16. The van der Waals surface area contributed by atoms with Crippen molar-refractivity contribution in [1.29, 1.82) is 0 Å². The maximum absolute atomic E-state index is 6.16. The zero-order chi connectivity index (χ0) is 12.3. The Bertz CT molecular complexity index is 488. The van der Waals surface area contributed by atoms with Crippen molar-refractivity contribution in [3.63, 3.8) is 0 Å². The fourth-order valence-corrected chi connectivity index (χ4v) is 3.19. The molecule has 0 aliphatic heterocycles. The van der Waals surface area contributed by atoms with Crippen molar-refractivity contribution in [3.05, 3.63) is 34.8 Å². The monoisotopic (exact) mass is 246 g/mol. The van der Waals surface area contributed by atoms with E-state index in [1.165, 1.54) is 10.4 Å². The van der Waals surface area contributed by atoms with E-state index >= 15 is 0 Å². The van der Waals surface area contributed by atoms with Crippen LogP contribution in [0.3, 0.4) is 0 Å². The third-order valence-corrected chi connectivity index (χ3v) is 4.07. The van der Waals surface area contributed by atoms with Crippen LogP contribution in [0.4, 0.5) is 5.00 Å². The number of hydrogen-bond donors (Lipinski definition) is 1. The third-order valence-electron chi connectivity index (χ3n) is 2.86. The molecular weight excluding hydrogens is 228 g/mol. The SMILES string of the molecule is CCCc1c(CC)sc(N)c1-c1ccccn1. The molecule has 0 saturated carbocycles. The Hall–Kier alpha value is -1.35. The van der Waals surface area contributed by atoms with Crippen LogP contribution in [0, 0.1) is 0 Å². The summed E-state index contributed by atoms with van der Waals surface area (Å²) in [6, 6.07) is 5.99. The zero-order valence-corrected chi connectivity index (χ0v) is 11.2. The highest BCUT2D eigenvalue weighted by Crippen LogP contribution is 2.38.